The van der Waals surface area contributed by atoms with Gasteiger partial charge in [0.05, 0.1) is 21.9 Å². The van der Waals surface area contributed by atoms with Gasteiger partial charge < -0.3 is 21.6 Å². The van der Waals surface area contributed by atoms with E-state index in [0.29, 0.717) is 41.0 Å². The van der Waals surface area contributed by atoms with Crippen molar-refractivity contribution in [3.8, 4) is 5.88 Å². The summed E-state index contributed by atoms with van der Waals surface area (Å²) in [6.45, 7) is 0.962. The number of aliphatic imine (C=N–C) groups is 1. The summed E-state index contributed by atoms with van der Waals surface area (Å²) in [5.74, 6) is -0.109. The van der Waals surface area contributed by atoms with E-state index in [-0.39, 0.29) is 11.6 Å². The fraction of sp³-hybridized carbons (Fsp3) is 0.125. The molecule has 0 saturated heterocycles. The lowest BCUT2D eigenvalue weighted by molar-refractivity contribution is -0.384. The van der Waals surface area contributed by atoms with Gasteiger partial charge in [0.1, 0.15) is 0 Å². The third kappa shape index (κ3) is 4.22. The molecule has 162 valence electrons. The van der Waals surface area contributed by atoms with Crippen molar-refractivity contribution < 1.29 is 10.0 Å². The Morgan fingerprint density at radius 1 is 1.00 bits per heavy atom. The summed E-state index contributed by atoms with van der Waals surface area (Å²) in [5, 5.41) is 22.6. The van der Waals surface area contributed by atoms with Crippen LogP contribution in [0, 0.1) is 10.1 Å². The maximum atomic E-state index is 11.3. The number of aromatic hydroxyl groups is 1. The molecule has 0 aliphatic carbocycles. The molecule has 0 unspecified atom stereocenters. The van der Waals surface area contributed by atoms with Crippen LogP contribution in [0.15, 0.2) is 71.7 Å². The Kier molecular flexibility index (Phi) is 5.98. The summed E-state index contributed by atoms with van der Waals surface area (Å²) < 4.78 is 0. The normalized spacial score (nSPS) is 11.8. The number of nitrogens with two attached hydrogens (primary N) is 2. The van der Waals surface area contributed by atoms with Crippen LogP contribution in [0.25, 0.3) is 10.9 Å². The number of nitro groups is 1. The predicted octanol–water partition coefficient (Wildman–Crippen LogP) is 3.91. The maximum Gasteiger partial charge on any atom is 0.270 e. The average molecular weight is 429 g/mol. The van der Waals surface area contributed by atoms with Crippen LogP contribution in [-0.4, -0.2) is 27.3 Å². The molecule has 6 N–H and O–H groups in total. The predicted molar refractivity (Wildman–Crippen MR) is 125 cm³/mol. The number of rotatable bonds is 7. The zero-order valence-corrected chi connectivity index (χ0v) is 17.3. The number of hydrogen-bond acceptors (Lipinski definition) is 6. The SMILES string of the molecule is NCCc1ccc(N=C(c2ccc(CN)cc2)c2c(O)[nH]c3ccc([N+](=O)[O-])cc23)cc1. The van der Waals surface area contributed by atoms with Gasteiger partial charge in [-0.25, -0.2) is 4.99 Å². The highest BCUT2D eigenvalue weighted by Gasteiger charge is 2.21. The van der Waals surface area contributed by atoms with Crippen LogP contribution >= 0.6 is 0 Å². The second-order valence-electron chi connectivity index (χ2n) is 7.40. The molecule has 4 rings (SSSR count). The number of hydrogen-bond donors (Lipinski definition) is 4. The summed E-state index contributed by atoms with van der Waals surface area (Å²) in [7, 11) is 0. The van der Waals surface area contributed by atoms with Gasteiger partial charge in [0.25, 0.3) is 5.69 Å². The van der Waals surface area contributed by atoms with Crippen LogP contribution in [0.4, 0.5) is 11.4 Å². The molecule has 0 amide bonds. The number of benzene rings is 3. The zero-order valence-electron chi connectivity index (χ0n) is 17.3. The number of non-ortho nitro benzene ring substituents is 1. The molecule has 8 heteroatoms. The van der Waals surface area contributed by atoms with Crippen molar-refractivity contribution in [2.75, 3.05) is 6.54 Å². The Hall–Kier alpha value is -4.01. The van der Waals surface area contributed by atoms with Gasteiger partial charge in [-0.15, -0.1) is 0 Å². The van der Waals surface area contributed by atoms with Gasteiger partial charge in [-0.3, -0.25) is 10.1 Å². The Labute approximate surface area is 184 Å². The Morgan fingerprint density at radius 2 is 1.69 bits per heavy atom. The number of nitro benzene ring substituents is 1. The van der Waals surface area contributed by atoms with E-state index in [1.54, 1.807) is 6.07 Å². The van der Waals surface area contributed by atoms with Crippen molar-refractivity contribution in [3.63, 3.8) is 0 Å². The molecule has 0 aliphatic rings. The van der Waals surface area contributed by atoms with E-state index >= 15 is 0 Å². The van der Waals surface area contributed by atoms with Gasteiger partial charge in [-0.05, 0) is 42.3 Å². The smallest absolute Gasteiger partial charge is 0.270 e. The molecule has 1 aromatic heterocycles. The zero-order chi connectivity index (χ0) is 22.7. The molecule has 0 bridgehead atoms. The number of aromatic nitrogens is 1. The third-order valence-corrected chi connectivity index (χ3v) is 5.28. The first-order valence-electron chi connectivity index (χ1n) is 10.2. The second kappa shape index (κ2) is 9.01. The van der Waals surface area contributed by atoms with Gasteiger partial charge in [0, 0.05) is 35.1 Å². The first-order chi connectivity index (χ1) is 15.5. The lowest BCUT2D eigenvalue weighted by atomic mass is 9.99. The van der Waals surface area contributed by atoms with E-state index in [4.69, 9.17) is 16.5 Å². The lowest BCUT2D eigenvalue weighted by Crippen LogP contribution is -2.05. The molecular formula is C24H23N5O3. The largest absolute Gasteiger partial charge is 0.494 e. The van der Waals surface area contributed by atoms with Gasteiger partial charge in [0.2, 0.25) is 0 Å². The van der Waals surface area contributed by atoms with E-state index in [2.05, 4.69) is 4.98 Å². The highest BCUT2D eigenvalue weighted by Crippen LogP contribution is 2.33. The Bertz CT molecular complexity index is 1290. The summed E-state index contributed by atoms with van der Waals surface area (Å²) in [6, 6.07) is 19.6. The topological polar surface area (TPSA) is 144 Å². The number of nitrogens with one attached hydrogen (secondary N) is 1. The van der Waals surface area contributed by atoms with Crippen LogP contribution in [-0.2, 0) is 13.0 Å². The Morgan fingerprint density at radius 3 is 2.31 bits per heavy atom. The van der Waals surface area contributed by atoms with Gasteiger partial charge in [-0.2, -0.15) is 0 Å². The molecule has 0 saturated carbocycles. The van der Waals surface area contributed by atoms with Crippen molar-refractivity contribution in [1.29, 1.82) is 0 Å². The van der Waals surface area contributed by atoms with E-state index < -0.39 is 4.92 Å². The standard InChI is InChI=1S/C24H23N5O3/c25-12-11-15-3-7-18(8-4-15)27-23(17-5-1-16(14-26)2-6-17)22-20-13-19(29(31)32)9-10-21(20)28-24(22)30/h1-10,13,28,30H,11-12,14,25-26H2. The fourth-order valence-electron chi connectivity index (χ4n) is 3.62. The molecule has 0 atom stereocenters. The molecular weight excluding hydrogens is 406 g/mol. The van der Waals surface area contributed by atoms with Gasteiger partial charge >= 0.3 is 0 Å². The summed E-state index contributed by atoms with van der Waals surface area (Å²) in [6.07, 6.45) is 0.768. The minimum atomic E-state index is -0.462. The van der Waals surface area contributed by atoms with Crippen molar-refractivity contribution >= 4 is 28.0 Å². The molecule has 4 aromatic rings. The third-order valence-electron chi connectivity index (χ3n) is 5.28. The fourth-order valence-corrected chi connectivity index (χ4v) is 3.62. The van der Waals surface area contributed by atoms with E-state index in [1.807, 2.05) is 48.5 Å². The van der Waals surface area contributed by atoms with Crippen molar-refractivity contribution in [3.05, 3.63) is 99.1 Å². The lowest BCUT2D eigenvalue weighted by Gasteiger charge is -2.09. The number of fused-ring (bicyclic) bond motifs is 1. The van der Waals surface area contributed by atoms with Crippen LogP contribution in [0.2, 0.25) is 0 Å². The molecule has 0 spiro atoms. The number of H-pyrrole nitrogens is 1. The molecule has 0 fully saturated rings. The molecule has 3 aromatic carbocycles. The molecule has 8 nitrogen and oxygen atoms in total. The van der Waals surface area contributed by atoms with E-state index in [9.17, 15) is 15.2 Å². The quantitative estimate of drug-likeness (QED) is 0.200. The summed E-state index contributed by atoms with van der Waals surface area (Å²) >= 11 is 0. The minimum Gasteiger partial charge on any atom is -0.494 e. The molecule has 0 radical (unpaired) electrons. The second-order valence-corrected chi connectivity index (χ2v) is 7.40. The van der Waals surface area contributed by atoms with Gasteiger partial charge in [0.15, 0.2) is 5.88 Å². The van der Waals surface area contributed by atoms with E-state index in [0.717, 1.165) is 23.1 Å². The van der Waals surface area contributed by atoms with Gasteiger partial charge in [-0.1, -0.05) is 36.4 Å². The van der Waals surface area contributed by atoms with Crippen molar-refractivity contribution in [1.82, 2.24) is 4.98 Å². The minimum absolute atomic E-state index is 0.0679. The maximum absolute atomic E-state index is 11.3. The van der Waals surface area contributed by atoms with Crippen molar-refractivity contribution in [2.24, 2.45) is 16.5 Å². The highest BCUT2D eigenvalue weighted by atomic mass is 16.6. The molecule has 32 heavy (non-hydrogen) atoms. The van der Waals surface area contributed by atoms with E-state index in [1.165, 1.54) is 12.1 Å². The Balaban J connectivity index is 1.92. The number of aromatic amines is 1. The summed E-state index contributed by atoms with van der Waals surface area (Å²) in [4.78, 5) is 18.6. The van der Waals surface area contributed by atoms with Crippen LogP contribution < -0.4 is 11.5 Å². The average Bonchev–Trinajstić information content (AvgIpc) is 3.13. The summed E-state index contributed by atoms with van der Waals surface area (Å²) in [5.41, 5.74) is 16.2. The molecule has 1 heterocycles. The number of nitrogens with zero attached hydrogens (tertiary/aromatic N) is 2. The monoisotopic (exact) mass is 429 g/mol. The molecule has 0 aliphatic heterocycles. The van der Waals surface area contributed by atoms with Crippen molar-refractivity contribution in [2.45, 2.75) is 13.0 Å². The van der Waals surface area contributed by atoms with Crippen LogP contribution in [0.3, 0.4) is 0 Å². The highest BCUT2D eigenvalue weighted by molar-refractivity contribution is 6.22. The van der Waals surface area contributed by atoms with Crippen LogP contribution in [0.5, 0.6) is 5.88 Å². The first kappa shape index (κ1) is 21.2. The van der Waals surface area contributed by atoms with Crippen LogP contribution in [0.1, 0.15) is 22.3 Å². The first-order valence-corrected chi connectivity index (χ1v) is 10.2.